The lowest BCUT2D eigenvalue weighted by atomic mass is 10.1. The normalized spacial score (nSPS) is 18.6. The number of nitrogens with one attached hydrogen (secondary N) is 1. The van der Waals surface area contributed by atoms with E-state index >= 15 is 0 Å². The van der Waals surface area contributed by atoms with Gasteiger partial charge in [-0.05, 0) is 43.9 Å². The van der Waals surface area contributed by atoms with Gasteiger partial charge < -0.3 is 9.84 Å². The Labute approximate surface area is 160 Å². The highest BCUT2D eigenvalue weighted by atomic mass is 79.9. The Balaban J connectivity index is 2.01. The molecule has 2 heterocycles. The summed E-state index contributed by atoms with van der Waals surface area (Å²) in [7, 11) is -3.94. The Morgan fingerprint density at radius 1 is 1.31 bits per heavy atom. The lowest BCUT2D eigenvalue weighted by Gasteiger charge is -2.28. The predicted octanol–water partition coefficient (Wildman–Crippen LogP) is 2.61. The average Bonchev–Trinajstić information content (AvgIpc) is 2.94. The first-order chi connectivity index (χ1) is 12.4. The third-order valence-corrected chi connectivity index (χ3v) is 6.88. The molecule has 7 nitrogen and oxygen atoms in total. The Morgan fingerprint density at radius 2 is 2.04 bits per heavy atom. The molecular weight excluding hydrogens is 422 g/mol. The molecule has 1 saturated heterocycles. The molecule has 1 aliphatic heterocycles. The van der Waals surface area contributed by atoms with Gasteiger partial charge in [-0.3, -0.25) is 4.79 Å². The van der Waals surface area contributed by atoms with Crippen molar-refractivity contribution in [1.29, 1.82) is 0 Å². The standard InChI is InChI=1S/C17H20BrN3O4S/c1-12-16(10-20-25-12)26(23,24)21(11-13-5-7-14(18)8-6-13)15-4-2-3-9-19-17(15)22/h5-8,10,15H,2-4,9,11H2,1H3,(H,19,22). The average molecular weight is 442 g/mol. The van der Waals surface area contributed by atoms with Gasteiger partial charge in [-0.2, -0.15) is 4.31 Å². The number of halogens is 1. The molecular formula is C17H20BrN3O4S. The third kappa shape index (κ3) is 3.99. The van der Waals surface area contributed by atoms with Crippen LogP contribution in [0.1, 0.15) is 30.6 Å². The van der Waals surface area contributed by atoms with Crippen LogP contribution in [0.15, 0.2) is 44.4 Å². The first-order valence-corrected chi connectivity index (χ1v) is 10.6. The molecule has 26 heavy (non-hydrogen) atoms. The number of sulfonamides is 1. The second-order valence-electron chi connectivity index (χ2n) is 6.23. The van der Waals surface area contributed by atoms with Gasteiger partial charge in [0.05, 0.1) is 6.20 Å². The molecule has 0 spiro atoms. The van der Waals surface area contributed by atoms with Crippen molar-refractivity contribution in [3.05, 3.63) is 46.3 Å². The van der Waals surface area contributed by atoms with Crippen molar-refractivity contribution >= 4 is 31.9 Å². The van der Waals surface area contributed by atoms with Crippen LogP contribution in [0.5, 0.6) is 0 Å². The summed E-state index contributed by atoms with van der Waals surface area (Å²) in [6, 6.07) is 6.60. The van der Waals surface area contributed by atoms with Crippen molar-refractivity contribution in [2.24, 2.45) is 0 Å². The van der Waals surface area contributed by atoms with E-state index in [1.165, 1.54) is 10.5 Å². The van der Waals surface area contributed by atoms with E-state index in [4.69, 9.17) is 4.52 Å². The molecule has 0 aliphatic carbocycles. The molecule has 1 aliphatic rings. The number of hydrogen-bond donors (Lipinski definition) is 1. The van der Waals surface area contributed by atoms with Crippen LogP contribution in [0.25, 0.3) is 0 Å². The third-order valence-electron chi connectivity index (χ3n) is 4.40. The minimum absolute atomic E-state index is 0.00772. The fraction of sp³-hybridized carbons (Fsp3) is 0.412. The highest BCUT2D eigenvalue weighted by Crippen LogP contribution is 2.27. The Morgan fingerprint density at radius 3 is 2.69 bits per heavy atom. The smallest absolute Gasteiger partial charge is 0.249 e. The predicted molar refractivity (Wildman–Crippen MR) is 98.8 cm³/mol. The highest BCUT2D eigenvalue weighted by Gasteiger charge is 2.38. The molecule has 140 valence electrons. The molecule has 1 aromatic carbocycles. The Hall–Kier alpha value is -1.71. The topological polar surface area (TPSA) is 92.5 Å². The molecule has 0 saturated carbocycles. The summed E-state index contributed by atoms with van der Waals surface area (Å²) in [5.74, 6) is -0.0582. The van der Waals surface area contributed by atoms with Gasteiger partial charge in [0.25, 0.3) is 0 Å². The van der Waals surface area contributed by atoms with Gasteiger partial charge >= 0.3 is 0 Å². The largest absolute Gasteiger partial charge is 0.360 e. The van der Waals surface area contributed by atoms with E-state index in [1.54, 1.807) is 6.92 Å². The second-order valence-corrected chi connectivity index (χ2v) is 9.00. The van der Waals surface area contributed by atoms with Crippen LogP contribution in [-0.2, 0) is 21.4 Å². The molecule has 9 heteroatoms. The molecule has 2 aromatic rings. The van der Waals surface area contributed by atoms with Gasteiger partial charge in [-0.25, -0.2) is 8.42 Å². The second kappa shape index (κ2) is 7.89. The maximum Gasteiger partial charge on any atom is 0.249 e. The van der Waals surface area contributed by atoms with Crippen LogP contribution in [0.2, 0.25) is 0 Å². The maximum atomic E-state index is 13.3. The van der Waals surface area contributed by atoms with Crippen LogP contribution in [0.4, 0.5) is 0 Å². The number of amides is 1. The van der Waals surface area contributed by atoms with Gasteiger partial charge in [0.2, 0.25) is 15.9 Å². The fourth-order valence-corrected chi connectivity index (χ4v) is 4.94. The first kappa shape index (κ1) is 19.1. The summed E-state index contributed by atoms with van der Waals surface area (Å²) in [6.07, 6.45) is 3.28. The van der Waals surface area contributed by atoms with Gasteiger partial charge in [0, 0.05) is 17.6 Å². The number of carbonyl (C=O) groups is 1. The number of benzene rings is 1. The summed E-state index contributed by atoms with van der Waals surface area (Å²) in [6.45, 7) is 2.21. The lowest BCUT2D eigenvalue weighted by molar-refractivity contribution is -0.124. The summed E-state index contributed by atoms with van der Waals surface area (Å²) < 4.78 is 33.7. The van der Waals surface area contributed by atoms with E-state index in [1.807, 2.05) is 24.3 Å². The lowest BCUT2D eigenvalue weighted by Crippen LogP contribution is -2.48. The van der Waals surface area contributed by atoms with Crippen molar-refractivity contribution in [2.75, 3.05) is 6.54 Å². The van der Waals surface area contributed by atoms with Crippen LogP contribution >= 0.6 is 15.9 Å². The van der Waals surface area contributed by atoms with Crippen molar-refractivity contribution in [2.45, 2.75) is 43.7 Å². The summed E-state index contributed by atoms with van der Waals surface area (Å²) in [5, 5.41) is 6.39. The van der Waals surface area contributed by atoms with Crippen molar-refractivity contribution in [3.8, 4) is 0 Å². The minimum Gasteiger partial charge on any atom is -0.360 e. The number of hydrogen-bond acceptors (Lipinski definition) is 5. The van der Waals surface area contributed by atoms with Crippen molar-refractivity contribution < 1.29 is 17.7 Å². The zero-order chi connectivity index (χ0) is 18.7. The van der Waals surface area contributed by atoms with Gasteiger partial charge in [-0.1, -0.05) is 33.2 Å². The number of rotatable bonds is 5. The van der Waals surface area contributed by atoms with Crippen LogP contribution < -0.4 is 5.32 Å². The van der Waals surface area contributed by atoms with E-state index in [2.05, 4.69) is 26.4 Å². The minimum atomic E-state index is -3.94. The van der Waals surface area contributed by atoms with E-state index in [-0.39, 0.29) is 23.1 Å². The monoisotopic (exact) mass is 441 g/mol. The zero-order valence-electron chi connectivity index (χ0n) is 14.3. The van der Waals surface area contributed by atoms with Crippen LogP contribution in [-0.4, -0.2) is 36.4 Å². The van der Waals surface area contributed by atoms with Crippen LogP contribution in [0.3, 0.4) is 0 Å². The Kier molecular flexibility index (Phi) is 5.79. The van der Waals surface area contributed by atoms with E-state index in [9.17, 15) is 13.2 Å². The van der Waals surface area contributed by atoms with Crippen molar-refractivity contribution in [3.63, 3.8) is 0 Å². The van der Waals surface area contributed by atoms with Gasteiger partial charge in [0.15, 0.2) is 5.76 Å². The molecule has 1 fully saturated rings. The molecule has 1 amide bonds. The highest BCUT2D eigenvalue weighted by molar-refractivity contribution is 9.10. The number of carbonyl (C=O) groups excluding carboxylic acids is 1. The molecule has 0 bridgehead atoms. The van der Waals surface area contributed by atoms with Crippen molar-refractivity contribution in [1.82, 2.24) is 14.8 Å². The first-order valence-electron chi connectivity index (χ1n) is 8.35. The summed E-state index contributed by atoms with van der Waals surface area (Å²) >= 11 is 3.37. The molecule has 1 N–H and O–H groups in total. The van der Waals surface area contributed by atoms with E-state index in [0.717, 1.165) is 22.9 Å². The summed E-state index contributed by atoms with van der Waals surface area (Å²) in [5.41, 5.74) is 0.794. The molecule has 1 atom stereocenters. The molecule has 1 unspecified atom stereocenters. The number of aromatic nitrogens is 1. The Bertz CT molecular complexity index is 880. The van der Waals surface area contributed by atoms with Gasteiger partial charge in [-0.15, -0.1) is 0 Å². The number of aryl methyl sites for hydroxylation is 1. The van der Waals surface area contributed by atoms with Crippen LogP contribution in [0, 0.1) is 6.92 Å². The van der Waals surface area contributed by atoms with E-state index in [0.29, 0.717) is 13.0 Å². The van der Waals surface area contributed by atoms with E-state index < -0.39 is 16.1 Å². The molecule has 1 aromatic heterocycles. The zero-order valence-corrected chi connectivity index (χ0v) is 16.7. The maximum absolute atomic E-state index is 13.3. The summed E-state index contributed by atoms with van der Waals surface area (Å²) in [4.78, 5) is 12.5. The van der Waals surface area contributed by atoms with Gasteiger partial charge in [0.1, 0.15) is 10.9 Å². The molecule has 0 radical (unpaired) electrons. The molecule has 3 rings (SSSR count). The fourth-order valence-electron chi connectivity index (χ4n) is 2.99. The quantitative estimate of drug-likeness (QED) is 0.769. The number of nitrogens with zero attached hydrogens (tertiary/aromatic N) is 2. The SMILES string of the molecule is Cc1oncc1S(=O)(=O)N(Cc1ccc(Br)cc1)C1CCCCNC1=O.